The van der Waals surface area contributed by atoms with Crippen LogP contribution in [0.3, 0.4) is 0 Å². The Morgan fingerprint density at radius 2 is 1.39 bits per heavy atom. The molecular formula is C23H24N2O6. The lowest BCUT2D eigenvalue weighted by Gasteiger charge is -2.14. The third-order valence-electron chi connectivity index (χ3n) is 4.83. The van der Waals surface area contributed by atoms with Crippen molar-refractivity contribution < 1.29 is 28.8 Å². The summed E-state index contributed by atoms with van der Waals surface area (Å²) in [4.78, 5) is 19.4. The second-order valence-corrected chi connectivity index (χ2v) is 6.67. The number of carbonyl (C=O) groups is 1. The van der Waals surface area contributed by atoms with E-state index in [0.717, 1.165) is 24.0 Å². The van der Waals surface area contributed by atoms with Gasteiger partial charge in [0.1, 0.15) is 5.75 Å². The highest BCUT2D eigenvalue weighted by Gasteiger charge is 2.15. The van der Waals surface area contributed by atoms with Crippen molar-refractivity contribution in [3.63, 3.8) is 0 Å². The summed E-state index contributed by atoms with van der Waals surface area (Å²) >= 11 is 0. The van der Waals surface area contributed by atoms with Crippen molar-refractivity contribution in [2.45, 2.75) is 12.8 Å². The van der Waals surface area contributed by atoms with Crippen LogP contribution in [0, 0.1) is 0 Å². The van der Waals surface area contributed by atoms with Crippen molar-refractivity contribution in [2.75, 3.05) is 28.4 Å². The van der Waals surface area contributed by atoms with E-state index in [9.17, 15) is 4.79 Å². The highest BCUT2D eigenvalue weighted by Crippen LogP contribution is 2.38. The molecule has 1 heterocycles. The van der Waals surface area contributed by atoms with Crippen LogP contribution in [0.5, 0.6) is 23.0 Å². The average molecular weight is 424 g/mol. The minimum absolute atomic E-state index is 0.0290. The Kier molecular flexibility index (Phi) is 6.92. The molecule has 0 saturated heterocycles. The van der Waals surface area contributed by atoms with E-state index in [1.807, 2.05) is 30.3 Å². The smallest absolute Gasteiger partial charge is 0.338 e. The first-order chi connectivity index (χ1) is 15.0. The van der Waals surface area contributed by atoms with Crippen LogP contribution >= 0.6 is 0 Å². The number of aryl methyl sites for hydroxylation is 2. The number of carboxylic acid groups (broad SMARTS) is 1. The molecule has 0 atom stereocenters. The summed E-state index contributed by atoms with van der Waals surface area (Å²) < 4.78 is 21.7. The molecule has 31 heavy (non-hydrogen) atoms. The highest BCUT2D eigenvalue weighted by atomic mass is 16.5. The number of hydrogen-bond acceptors (Lipinski definition) is 7. The lowest BCUT2D eigenvalue weighted by atomic mass is 10.0. The maximum absolute atomic E-state index is 11.0. The lowest BCUT2D eigenvalue weighted by molar-refractivity contribution is 0.0696. The van der Waals surface area contributed by atoms with E-state index in [1.165, 1.54) is 12.4 Å². The van der Waals surface area contributed by atoms with Crippen LogP contribution in [0.25, 0.3) is 11.4 Å². The van der Waals surface area contributed by atoms with E-state index in [4.69, 9.17) is 24.1 Å². The summed E-state index contributed by atoms with van der Waals surface area (Å²) in [5.74, 6) is 1.72. The number of methoxy groups -OCH3 is 4. The molecular weight excluding hydrogens is 400 g/mol. The molecule has 0 spiro atoms. The van der Waals surface area contributed by atoms with Crippen LogP contribution in [0.2, 0.25) is 0 Å². The predicted molar refractivity (Wildman–Crippen MR) is 114 cm³/mol. The Morgan fingerprint density at radius 3 is 1.90 bits per heavy atom. The standard InChI is InChI=1S/C23H24N2O6/c1-28-18-8-7-14(9-17(18)22-24-12-16(13-25-22)23(26)27)5-6-15-10-19(29-2)21(31-4)20(11-15)30-3/h7-13H,5-6H2,1-4H3,(H,26,27). The first-order valence-electron chi connectivity index (χ1n) is 9.52. The van der Waals surface area contributed by atoms with E-state index in [2.05, 4.69) is 9.97 Å². The molecule has 0 radical (unpaired) electrons. The van der Waals surface area contributed by atoms with Gasteiger partial charge in [0.25, 0.3) is 0 Å². The molecule has 3 rings (SSSR count). The predicted octanol–water partition coefficient (Wildman–Crippen LogP) is 3.66. The van der Waals surface area contributed by atoms with Gasteiger partial charge in [-0.3, -0.25) is 0 Å². The van der Waals surface area contributed by atoms with Crippen molar-refractivity contribution in [1.29, 1.82) is 0 Å². The van der Waals surface area contributed by atoms with Crippen LogP contribution in [0.1, 0.15) is 21.5 Å². The van der Waals surface area contributed by atoms with Crippen LogP contribution in [0.4, 0.5) is 0 Å². The number of hydrogen-bond donors (Lipinski definition) is 1. The molecule has 0 fully saturated rings. The number of aromatic carboxylic acids is 1. The second-order valence-electron chi connectivity index (χ2n) is 6.67. The number of carboxylic acids is 1. The van der Waals surface area contributed by atoms with Gasteiger partial charge < -0.3 is 24.1 Å². The average Bonchev–Trinajstić information content (AvgIpc) is 2.81. The van der Waals surface area contributed by atoms with Gasteiger partial charge in [-0.15, -0.1) is 0 Å². The van der Waals surface area contributed by atoms with E-state index in [1.54, 1.807) is 28.4 Å². The lowest BCUT2D eigenvalue weighted by Crippen LogP contribution is -2.01. The number of ether oxygens (including phenoxy) is 4. The first kappa shape index (κ1) is 21.9. The molecule has 1 N–H and O–H groups in total. The highest BCUT2D eigenvalue weighted by molar-refractivity contribution is 5.87. The van der Waals surface area contributed by atoms with Crippen molar-refractivity contribution in [3.05, 3.63) is 59.4 Å². The van der Waals surface area contributed by atoms with Gasteiger partial charge in [-0.1, -0.05) is 6.07 Å². The zero-order valence-electron chi connectivity index (χ0n) is 17.8. The van der Waals surface area contributed by atoms with Crippen LogP contribution in [-0.2, 0) is 12.8 Å². The largest absolute Gasteiger partial charge is 0.496 e. The summed E-state index contributed by atoms with van der Waals surface area (Å²) in [6.07, 6.45) is 4.05. The van der Waals surface area contributed by atoms with Crippen LogP contribution in [-0.4, -0.2) is 49.5 Å². The quantitative estimate of drug-likeness (QED) is 0.556. The minimum atomic E-state index is -1.07. The first-order valence-corrected chi connectivity index (χ1v) is 9.52. The van der Waals surface area contributed by atoms with Crippen molar-refractivity contribution in [2.24, 2.45) is 0 Å². The van der Waals surface area contributed by atoms with Crippen molar-refractivity contribution in [3.8, 4) is 34.4 Å². The third kappa shape index (κ3) is 4.85. The molecule has 8 heteroatoms. The molecule has 0 aliphatic heterocycles. The second kappa shape index (κ2) is 9.80. The summed E-state index contributed by atoms with van der Waals surface area (Å²) in [6, 6.07) is 9.64. The Hall–Kier alpha value is -3.81. The monoisotopic (exact) mass is 424 g/mol. The molecule has 0 amide bonds. The van der Waals surface area contributed by atoms with Crippen molar-refractivity contribution >= 4 is 5.97 Å². The fraction of sp³-hybridized carbons (Fsp3) is 0.261. The Bertz CT molecular complexity index is 1040. The van der Waals surface area contributed by atoms with Crippen molar-refractivity contribution in [1.82, 2.24) is 9.97 Å². The molecule has 0 aliphatic carbocycles. The number of nitrogens with zero attached hydrogens (tertiary/aromatic N) is 2. The SMILES string of the molecule is COc1ccc(CCc2cc(OC)c(OC)c(OC)c2)cc1-c1ncc(C(=O)O)cn1. The van der Waals surface area contributed by atoms with E-state index in [0.29, 0.717) is 34.4 Å². The zero-order valence-corrected chi connectivity index (χ0v) is 17.8. The van der Waals surface area contributed by atoms with E-state index in [-0.39, 0.29) is 5.56 Å². The Labute approximate surface area is 180 Å². The zero-order chi connectivity index (χ0) is 22.4. The molecule has 1 aromatic heterocycles. The molecule has 0 aliphatic rings. The Morgan fingerprint density at radius 1 is 0.806 bits per heavy atom. The molecule has 0 bridgehead atoms. The molecule has 8 nitrogen and oxygen atoms in total. The van der Waals surface area contributed by atoms with Gasteiger partial charge in [0.2, 0.25) is 5.75 Å². The summed E-state index contributed by atoms with van der Waals surface area (Å²) in [6.45, 7) is 0. The maximum atomic E-state index is 11.0. The maximum Gasteiger partial charge on any atom is 0.338 e. The third-order valence-corrected chi connectivity index (χ3v) is 4.83. The van der Waals surface area contributed by atoms with Gasteiger partial charge >= 0.3 is 5.97 Å². The fourth-order valence-electron chi connectivity index (χ4n) is 3.23. The van der Waals surface area contributed by atoms with Gasteiger partial charge in [-0.2, -0.15) is 0 Å². The summed E-state index contributed by atoms with van der Waals surface area (Å²) in [7, 11) is 6.32. The van der Waals surface area contributed by atoms with Crippen LogP contribution < -0.4 is 18.9 Å². The number of benzene rings is 2. The number of rotatable bonds is 9. The Balaban J connectivity index is 1.86. The van der Waals surface area contributed by atoms with Gasteiger partial charge in [0.05, 0.1) is 39.6 Å². The van der Waals surface area contributed by atoms with Gasteiger partial charge in [0, 0.05) is 12.4 Å². The molecule has 0 saturated carbocycles. The normalized spacial score (nSPS) is 10.5. The topological polar surface area (TPSA) is 100 Å². The molecule has 162 valence electrons. The molecule has 2 aromatic carbocycles. The van der Waals surface area contributed by atoms with Gasteiger partial charge in [-0.25, -0.2) is 14.8 Å². The van der Waals surface area contributed by atoms with E-state index >= 15 is 0 Å². The molecule has 3 aromatic rings. The van der Waals surface area contributed by atoms with Crippen LogP contribution in [0.15, 0.2) is 42.7 Å². The summed E-state index contributed by atoms with van der Waals surface area (Å²) in [5.41, 5.74) is 2.81. The number of aromatic nitrogens is 2. The molecule has 0 unspecified atom stereocenters. The fourth-order valence-corrected chi connectivity index (χ4v) is 3.23. The van der Waals surface area contributed by atoms with Gasteiger partial charge in [0.15, 0.2) is 17.3 Å². The minimum Gasteiger partial charge on any atom is -0.496 e. The van der Waals surface area contributed by atoms with Gasteiger partial charge in [-0.05, 0) is 48.2 Å². The summed E-state index contributed by atoms with van der Waals surface area (Å²) in [5, 5.41) is 9.05. The van der Waals surface area contributed by atoms with E-state index < -0.39 is 5.97 Å².